The molecule has 0 aliphatic heterocycles. The van der Waals surface area contributed by atoms with Crippen molar-refractivity contribution in [3.05, 3.63) is 0 Å². The highest BCUT2D eigenvalue weighted by atomic mass is 31.2. The van der Waals surface area contributed by atoms with Gasteiger partial charge in [-0.25, -0.2) is 4.57 Å². The highest BCUT2D eigenvalue weighted by Gasteiger charge is 2.24. The smallest absolute Gasteiger partial charge is 0.464 e. The van der Waals surface area contributed by atoms with Crippen LogP contribution in [-0.4, -0.2) is 49.5 Å². The quantitative estimate of drug-likeness (QED) is 0.288. The number of carbonyl (C=O) groups excluding carboxylic acids is 3. The summed E-state index contributed by atoms with van der Waals surface area (Å²) in [5.74, 6) is -0.0623. The molecule has 0 saturated carbocycles. The maximum absolute atomic E-state index is 11.4. The second kappa shape index (κ2) is 10.5. The Morgan fingerprint density at radius 2 is 1.95 bits per heavy atom. The molecular formula is C10H17O9P. The van der Waals surface area contributed by atoms with Gasteiger partial charge in [0.2, 0.25) is 0 Å². The van der Waals surface area contributed by atoms with Gasteiger partial charge in [0, 0.05) is 6.42 Å². The van der Waals surface area contributed by atoms with Crippen LogP contribution in [0.15, 0.2) is 0 Å². The van der Waals surface area contributed by atoms with Crippen molar-refractivity contribution in [1.82, 2.24) is 0 Å². The zero-order valence-electron chi connectivity index (χ0n) is 10.9. The Kier molecular flexibility index (Phi) is 9.83. The van der Waals surface area contributed by atoms with Gasteiger partial charge in [-0.3, -0.25) is 18.6 Å². The zero-order valence-corrected chi connectivity index (χ0v) is 11.8. The summed E-state index contributed by atoms with van der Waals surface area (Å²) < 4.78 is 29.4. The topological polar surface area (TPSA) is 125 Å². The van der Waals surface area contributed by atoms with Crippen LogP contribution in [0.4, 0.5) is 0 Å². The van der Waals surface area contributed by atoms with Crippen molar-refractivity contribution in [2.24, 2.45) is 0 Å². The molecule has 0 aliphatic rings. The van der Waals surface area contributed by atoms with Gasteiger partial charge in [0.25, 0.3) is 12.9 Å². The highest BCUT2D eigenvalue weighted by Crippen LogP contribution is 2.43. The lowest BCUT2D eigenvalue weighted by Gasteiger charge is -2.16. The van der Waals surface area contributed by atoms with Gasteiger partial charge in [-0.1, -0.05) is 0 Å². The summed E-state index contributed by atoms with van der Waals surface area (Å²) >= 11 is 0. The molecule has 0 aromatic carbocycles. The summed E-state index contributed by atoms with van der Waals surface area (Å²) in [7, 11) is -4.31. The standard InChI is InChI=1S/C10H17O9P/c1-9(13)3-2-4-18-20(14,15)19-6-10(17-8-12)5-16-7-11/h7-8,10H,2-6H2,1H3,(H,14,15). The molecule has 0 rings (SSSR count). The Bertz CT molecular complexity index is 357. The summed E-state index contributed by atoms with van der Waals surface area (Å²) in [6.45, 7) is 0.705. The molecule has 0 aromatic heterocycles. The predicted octanol–water partition coefficient (Wildman–Crippen LogP) is 0.204. The Morgan fingerprint density at radius 3 is 2.50 bits per heavy atom. The molecule has 1 N–H and O–H groups in total. The van der Waals surface area contributed by atoms with E-state index in [-0.39, 0.29) is 44.8 Å². The second-order valence-electron chi connectivity index (χ2n) is 3.69. The lowest BCUT2D eigenvalue weighted by Crippen LogP contribution is -2.24. The van der Waals surface area contributed by atoms with Gasteiger partial charge in [-0.05, 0) is 13.3 Å². The molecule has 0 saturated heterocycles. The van der Waals surface area contributed by atoms with Crippen LogP contribution in [0, 0.1) is 0 Å². The Balaban J connectivity index is 4.02. The fraction of sp³-hybridized carbons (Fsp3) is 0.700. The van der Waals surface area contributed by atoms with Crippen LogP contribution in [-0.2, 0) is 37.5 Å². The monoisotopic (exact) mass is 312 g/mol. The first-order valence-corrected chi connectivity index (χ1v) is 7.16. The maximum atomic E-state index is 11.4. The van der Waals surface area contributed by atoms with E-state index in [1.807, 2.05) is 0 Å². The van der Waals surface area contributed by atoms with Crippen LogP contribution in [0.3, 0.4) is 0 Å². The number of rotatable bonds is 13. The maximum Gasteiger partial charge on any atom is 0.472 e. The van der Waals surface area contributed by atoms with Crippen LogP contribution in [0.2, 0.25) is 0 Å². The molecule has 0 fully saturated rings. The Labute approximate surface area is 115 Å². The van der Waals surface area contributed by atoms with E-state index >= 15 is 0 Å². The first-order chi connectivity index (χ1) is 9.41. The number of hydrogen-bond acceptors (Lipinski definition) is 8. The third kappa shape index (κ3) is 10.6. The van der Waals surface area contributed by atoms with Gasteiger partial charge in [0.05, 0.1) is 13.2 Å². The first kappa shape index (κ1) is 18.7. The van der Waals surface area contributed by atoms with Crippen molar-refractivity contribution in [2.45, 2.75) is 25.9 Å². The molecule has 20 heavy (non-hydrogen) atoms. The lowest BCUT2D eigenvalue weighted by molar-refractivity contribution is -0.144. The molecule has 10 heteroatoms. The molecule has 0 spiro atoms. The summed E-state index contributed by atoms with van der Waals surface area (Å²) in [5.41, 5.74) is 0. The van der Waals surface area contributed by atoms with Crippen molar-refractivity contribution in [3.8, 4) is 0 Å². The minimum Gasteiger partial charge on any atom is -0.464 e. The third-order valence-corrected chi connectivity index (χ3v) is 2.93. The van der Waals surface area contributed by atoms with Crippen molar-refractivity contribution < 1.29 is 42.4 Å². The minimum absolute atomic E-state index is 0.0623. The zero-order chi connectivity index (χ0) is 15.4. The van der Waals surface area contributed by atoms with E-state index in [1.54, 1.807) is 0 Å². The molecule has 0 amide bonds. The number of hydrogen-bond donors (Lipinski definition) is 1. The molecule has 0 aliphatic carbocycles. The predicted molar refractivity (Wildman–Crippen MR) is 64.6 cm³/mol. The normalized spacial score (nSPS) is 14.9. The summed E-state index contributed by atoms with van der Waals surface area (Å²) in [6, 6.07) is 0. The van der Waals surface area contributed by atoms with Crippen LogP contribution < -0.4 is 0 Å². The number of ether oxygens (including phenoxy) is 2. The number of phosphoric acid groups is 1. The van der Waals surface area contributed by atoms with Crippen LogP contribution in [0.5, 0.6) is 0 Å². The average Bonchev–Trinajstić information content (AvgIpc) is 2.38. The molecule has 116 valence electrons. The third-order valence-electron chi connectivity index (χ3n) is 1.95. The Hall–Kier alpha value is -1.28. The number of phosphoric ester groups is 1. The summed E-state index contributed by atoms with van der Waals surface area (Å²) in [5, 5.41) is 0. The molecule has 9 nitrogen and oxygen atoms in total. The van der Waals surface area contributed by atoms with E-state index in [9.17, 15) is 23.8 Å². The highest BCUT2D eigenvalue weighted by molar-refractivity contribution is 7.47. The van der Waals surface area contributed by atoms with E-state index in [0.717, 1.165) is 0 Å². The fourth-order valence-corrected chi connectivity index (χ4v) is 1.86. The SMILES string of the molecule is CC(=O)CCCOP(=O)(O)OCC(COC=O)OC=O. The molecule has 2 atom stereocenters. The van der Waals surface area contributed by atoms with Gasteiger partial charge < -0.3 is 19.2 Å². The van der Waals surface area contributed by atoms with Gasteiger partial charge in [-0.2, -0.15) is 0 Å². The number of Topliss-reactive ketones (excluding diaryl/α,β-unsaturated/α-hetero) is 1. The van der Waals surface area contributed by atoms with Crippen molar-refractivity contribution in [2.75, 3.05) is 19.8 Å². The van der Waals surface area contributed by atoms with Crippen LogP contribution >= 0.6 is 7.82 Å². The second-order valence-corrected chi connectivity index (χ2v) is 5.14. The molecule has 0 bridgehead atoms. The van der Waals surface area contributed by atoms with E-state index in [2.05, 4.69) is 18.5 Å². The van der Waals surface area contributed by atoms with E-state index in [1.165, 1.54) is 6.92 Å². The van der Waals surface area contributed by atoms with Crippen molar-refractivity contribution in [1.29, 1.82) is 0 Å². The molecular weight excluding hydrogens is 295 g/mol. The van der Waals surface area contributed by atoms with Gasteiger partial charge in [0.15, 0.2) is 6.10 Å². The fourth-order valence-electron chi connectivity index (χ4n) is 1.07. The van der Waals surface area contributed by atoms with Gasteiger partial charge in [-0.15, -0.1) is 0 Å². The van der Waals surface area contributed by atoms with Gasteiger partial charge >= 0.3 is 7.82 Å². The first-order valence-electron chi connectivity index (χ1n) is 5.67. The number of carbonyl (C=O) groups is 3. The molecule has 0 heterocycles. The largest absolute Gasteiger partial charge is 0.472 e. The van der Waals surface area contributed by atoms with Gasteiger partial charge in [0.1, 0.15) is 12.4 Å². The van der Waals surface area contributed by atoms with E-state index < -0.39 is 20.5 Å². The van der Waals surface area contributed by atoms with E-state index in [4.69, 9.17) is 0 Å². The van der Waals surface area contributed by atoms with Crippen molar-refractivity contribution in [3.63, 3.8) is 0 Å². The Morgan fingerprint density at radius 1 is 1.25 bits per heavy atom. The molecule has 0 radical (unpaired) electrons. The summed E-state index contributed by atoms with van der Waals surface area (Å²) in [4.78, 5) is 40.1. The van der Waals surface area contributed by atoms with Crippen LogP contribution in [0.1, 0.15) is 19.8 Å². The summed E-state index contributed by atoms with van der Waals surface area (Å²) in [6.07, 6.45) is -0.505. The minimum atomic E-state index is -4.31. The number of ketones is 1. The lowest BCUT2D eigenvalue weighted by atomic mass is 10.2. The van der Waals surface area contributed by atoms with E-state index in [0.29, 0.717) is 0 Å². The molecule has 0 aromatic rings. The average molecular weight is 312 g/mol. The molecule has 2 unspecified atom stereocenters. The van der Waals surface area contributed by atoms with Crippen molar-refractivity contribution >= 4 is 26.6 Å². The van der Waals surface area contributed by atoms with Crippen LogP contribution in [0.25, 0.3) is 0 Å².